The van der Waals surface area contributed by atoms with E-state index in [0.29, 0.717) is 16.8 Å². The molecule has 23 heavy (non-hydrogen) atoms. The van der Waals surface area contributed by atoms with Crippen LogP contribution in [0, 0.1) is 6.92 Å². The molecule has 0 unspecified atom stereocenters. The van der Waals surface area contributed by atoms with Crippen molar-refractivity contribution in [2.45, 2.75) is 13.0 Å². The SMILES string of the molecule is Cc1cccc2c1OS(=O)(=O)N1CN(c3ccccc3)C(=O)[C@@H]21. The molecule has 2 aromatic carbocycles. The summed E-state index contributed by atoms with van der Waals surface area (Å²) in [5.41, 5.74) is 1.94. The number of anilines is 1. The van der Waals surface area contributed by atoms with Crippen LogP contribution >= 0.6 is 0 Å². The van der Waals surface area contributed by atoms with Crippen molar-refractivity contribution in [1.82, 2.24) is 4.31 Å². The molecule has 2 heterocycles. The summed E-state index contributed by atoms with van der Waals surface area (Å²) in [7, 11) is -4.00. The molecule has 0 saturated carbocycles. The number of amides is 1. The van der Waals surface area contributed by atoms with Gasteiger partial charge in [-0.2, -0.15) is 8.42 Å². The third kappa shape index (κ3) is 2.04. The Kier molecular flexibility index (Phi) is 2.97. The van der Waals surface area contributed by atoms with Gasteiger partial charge >= 0.3 is 10.3 Å². The molecule has 1 atom stereocenters. The van der Waals surface area contributed by atoms with E-state index in [9.17, 15) is 13.2 Å². The van der Waals surface area contributed by atoms with Crippen molar-refractivity contribution in [2.24, 2.45) is 0 Å². The lowest BCUT2D eigenvalue weighted by atomic mass is 10.0. The van der Waals surface area contributed by atoms with Crippen LogP contribution in [0.5, 0.6) is 5.75 Å². The Labute approximate surface area is 134 Å². The van der Waals surface area contributed by atoms with E-state index in [1.54, 1.807) is 37.3 Å². The second-order valence-electron chi connectivity index (χ2n) is 5.57. The number of para-hydroxylation sites is 2. The van der Waals surface area contributed by atoms with Crippen LogP contribution in [-0.2, 0) is 15.1 Å². The minimum absolute atomic E-state index is 0.0524. The maximum Gasteiger partial charge on any atom is 0.387 e. The van der Waals surface area contributed by atoms with E-state index < -0.39 is 16.3 Å². The first-order valence-electron chi connectivity index (χ1n) is 7.16. The molecule has 2 aliphatic rings. The van der Waals surface area contributed by atoms with Crippen molar-refractivity contribution < 1.29 is 17.4 Å². The number of carbonyl (C=O) groups is 1. The maximum atomic E-state index is 12.9. The average Bonchev–Trinajstić information content (AvgIpc) is 2.89. The van der Waals surface area contributed by atoms with E-state index in [0.717, 1.165) is 4.31 Å². The molecule has 1 fully saturated rings. The molecule has 0 bridgehead atoms. The average molecular weight is 330 g/mol. The third-order valence-corrected chi connectivity index (χ3v) is 5.43. The standard InChI is InChI=1S/C16H14N2O4S/c1-11-6-5-9-13-14-16(19)17(12-7-3-2-4-8-12)10-18(14)23(20,21)22-15(11)13/h2-9,14H,10H2,1H3/t14-/m1/s1. The zero-order valence-corrected chi connectivity index (χ0v) is 13.2. The molecule has 0 spiro atoms. The van der Waals surface area contributed by atoms with Gasteiger partial charge in [-0.25, -0.2) is 0 Å². The topological polar surface area (TPSA) is 66.9 Å². The van der Waals surface area contributed by atoms with E-state index in [2.05, 4.69) is 0 Å². The number of nitrogens with zero attached hydrogens (tertiary/aromatic N) is 2. The molecular weight excluding hydrogens is 316 g/mol. The van der Waals surface area contributed by atoms with Crippen LogP contribution in [0.25, 0.3) is 0 Å². The highest BCUT2D eigenvalue weighted by Crippen LogP contribution is 2.44. The summed E-state index contributed by atoms with van der Waals surface area (Å²) in [6.07, 6.45) is 0. The second-order valence-corrected chi connectivity index (χ2v) is 7.06. The van der Waals surface area contributed by atoms with E-state index in [-0.39, 0.29) is 18.3 Å². The Hall–Kier alpha value is -2.38. The summed E-state index contributed by atoms with van der Waals surface area (Å²) in [5.74, 6) is -0.00747. The first kappa shape index (κ1) is 14.2. The fraction of sp³-hybridized carbons (Fsp3) is 0.188. The molecule has 6 nitrogen and oxygen atoms in total. The van der Waals surface area contributed by atoms with Gasteiger partial charge < -0.3 is 4.18 Å². The molecule has 1 amide bonds. The molecule has 4 rings (SSSR count). The fourth-order valence-electron chi connectivity index (χ4n) is 3.02. The van der Waals surface area contributed by atoms with Gasteiger partial charge in [0, 0.05) is 11.3 Å². The zero-order valence-electron chi connectivity index (χ0n) is 12.3. The lowest BCUT2D eigenvalue weighted by molar-refractivity contribution is -0.119. The molecule has 0 radical (unpaired) electrons. The smallest absolute Gasteiger partial charge is 0.370 e. The van der Waals surface area contributed by atoms with Gasteiger partial charge in [-0.15, -0.1) is 4.31 Å². The summed E-state index contributed by atoms with van der Waals surface area (Å²) in [4.78, 5) is 14.3. The van der Waals surface area contributed by atoms with Gasteiger partial charge in [0.1, 0.15) is 6.04 Å². The minimum atomic E-state index is -4.00. The number of benzene rings is 2. The van der Waals surface area contributed by atoms with Crippen LogP contribution in [0.4, 0.5) is 5.69 Å². The fourth-order valence-corrected chi connectivity index (χ4v) is 4.28. The largest absolute Gasteiger partial charge is 0.387 e. The Bertz CT molecular complexity index is 896. The van der Waals surface area contributed by atoms with Crippen LogP contribution < -0.4 is 9.08 Å². The molecular formula is C16H14N2O4S. The highest BCUT2D eigenvalue weighted by molar-refractivity contribution is 7.84. The van der Waals surface area contributed by atoms with Gasteiger partial charge in [0.05, 0.1) is 6.67 Å². The maximum absolute atomic E-state index is 12.9. The van der Waals surface area contributed by atoms with E-state index >= 15 is 0 Å². The molecule has 0 aliphatic carbocycles. The molecule has 7 heteroatoms. The van der Waals surface area contributed by atoms with Crippen molar-refractivity contribution >= 4 is 21.9 Å². The van der Waals surface area contributed by atoms with E-state index in [4.69, 9.17) is 4.18 Å². The van der Waals surface area contributed by atoms with Crippen molar-refractivity contribution in [1.29, 1.82) is 0 Å². The quantitative estimate of drug-likeness (QED) is 0.802. The monoisotopic (exact) mass is 330 g/mol. The number of hydrogen-bond donors (Lipinski definition) is 0. The second kappa shape index (κ2) is 4.81. The normalized spacial score (nSPS) is 22.4. The van der Waals surface area contributed by atoms with Crippen LogP contribution in [-0.4, -0.2) is 25.3 Å². The zero-order chi connectivity index (χ0) is 16.2. The van der Waals surface area contributed by atoms with Crippen molar-refractivity contribution in [3.63, 3.8) is 0 Å². The van der Waals surface area contributed by atoms with Gasteiger partial charge in [0.2, 0.25) is 0 Å². The summed E-state index contributed by atoms with van der Waals surface area (Å²) in [5, 5.41) is 0. The number of carbonyl (C=O) groups excluding carboxylic acids is 1. The minimum Gasteiger partial charge on any atom is -0.370 e. The molecule has 2 aromatic rings. The predicted octanol–water partition coefficient (Wildman–Crippen LogP) is 1.98. The third-order valence-electron chi connectivity index (χ3n) is 4.15. The highest BCUT2D eigenvalue weighted by atomic mass is 32.2. The highest BCUT2D eigenvalue weighted by Gasteiger charge is 2.51. The lowest BCUT2D eigenvalue weighted by Gasteiger charge is -2.28. The van der Waals surface area contributed by atoms with Crippen molar-refractivity contribution in [3.8, 4) is 5.75 Å². The van der Waals surface area contributed by atoms with Crippen LogP contribution in [0.2, 0.25) is 0 Å². The van der Waals surface area contributed by atoms with Gasteiger partial charge in [-0.05, 0) is 24.6 Å². The predicted molar refractivity (Wildman–Crippen MR) is 84.1 cm³/mol. The van der Waals surface area contributed by atoms with E-state index in [1.807, 2.05) is 18.2 Å². The summed E-state index contributed by atoms with van der Waals surface area (Å²) < 4.78 is 31.2. The van der Waals surface area contributed by atoms with E-state index in [1.165, 1.54) is 4.90 Å². The molecule has 0 N–H and O–H groups in total. The molecule has 118 valence electrons. The van der Waals surface area contributed by atoms with Gasteiger partial charge in [-0.3, -0.25) is 9.69 Å². The van der Waals surface area contributed by atoms with Crippen molar-refractivity contribution in [3.05, 3.63) is 59.7 Å². The van der Waals surface area contributed by atoms with Crippen molar-refractivity contribution in [2.75, 3.05) is 11.6 Å². The lowest BCUT2D eigenvalue weighted by Crippen LogP contribution is -2.39. The molecule has 0 aromatic heterocycles. The Morgan fingerprint density at radius 3 is 2.57 bits per heavy atom. The molecule has 2 aliphatic heterocycles. The summed E-state index contributed by atoms with van der Waals surface area (Å²) >= 11 is 0. The van der Waals surface area contributed by atoms with Gasteiger partial charge in [-0.1, -0.05) is 36.4 Å². The first-order valence-corrected chi connectivity index (χ1v) is 8.53. The Morgan fingerprint density at radius 2 is 1.83 bits per heavy atom. The number of fused-ring (bicyclic) bond motifs is 3. The number of rotatable bonds is 1. The summed E-state index contributed by atoms with van der Waals surface area (Å²) in [6.45, 7) is 1.71. The molecule has 1 saturated heterocycles. The Balaban J connectivity index is 1.86. The number of aryl methyl sites for hydroxylation is 1. The van der Waals surface area contributed by atoms with Gasteiger partial charge in [0.15, 0.2) is 5.75 Å². The van der Waals surface area contributed by atoms with Crippen LogP contribution in [0.3, 0.4) is 0 Å². The number of hydrogen-bond acceptors (Lipinski definition) is 4. The van der Waals surface area contributed by atoms with Crippen LogP contribution in [0.15, 0.2) is 48.5 Å². The Morgan fingerprint density at radius 1 is 1.09 bits per heavy atom. The van der Waals surface area contributed by atoms with Crippen LogP contribution in [0.1, 0.15) is 17.2 Å². The summed E-state index contributed by atoms with van der Waals surface area (Å²) in [6, 6.07) is 13.4. The first-order chi connectivity index (χ1) is 11.0. The van der Waals surface area contributed by atoms with Gasteiger partial charge in [0.25, 0.3) is 5.91 Å².